The fourth-order valence-corrected chi connectivity index (χ4v) is 9.18. The summed E-state index contributed by atoms with van der Waals surface area (Å²) in [5, 5.41) is -0.295. The number of hydrogen-bond acceptors (Lipinski definition) is 6. The van der Waals surface area contributed by atoms with Gasteiger partial charge in [-0.05, 0) is 11.6 Å². The summed E-state index contributed by atoms with van der Waals surface area (Å²) in [4.78, 5) is 11.8. The van der Waals surface area contributed by atoms with Gasteiger partial charge in [0.25, 0.3) is 10.1 Å². The van der Waals surface area contributed by atoms with Crippen molar-refractivity contribution in [3.8, 4) is 0 Å². The van der Waals surface area contributed by atoms with Gasteiger partial charge in [-0.15, -0.1) is 23.5 Å². The molecule has 4 nitrogen and oxygen atoms in total. The van der Waals surface area contributed by atoms with Crippen molar-refractivity contribution in [1.29, 1.82) is 0 Å². The number of benzene rings is 1. The summed E-state index contributed by atoms with van der Waals surface area (Å²) in [5.74, 6) is 1.40. The predicted octanol–water partition coefficient (Wildman–Crippen LogP) is 3.11. The second kappa shape index (κ2) is 8.11. The van der Waals surface area contributed by atoms with Crippen LogP contribution in [0.2, 0.25) is 0 Å². The van der Waals surface area contributed by atoms with Crippen molar-refractivity contribution in [3.05, 3.63) is 48.6 Å². The van der Waals surface area contributed by atoms with E-state index in [1.54, 1.807) is 11.8 Å². The molecule has 8 heteroatoms. The van der Waals surface area contributed by atoms with Crippen LogP contribution < -0.4 is 0 Å². The van der Waals surface area contributed by atoms with Crippen molar-refractivity contribution in [1.82, 2.24) is 0 Å². The molecule has 0 spiro atoms. The summed E-state index contributed by atoms with van der Waals surface area (Å²) < 4.78 is 31.3. The summed E-state index contributed by atoms with van der Waals surface area (Å²) in [5.41, 5.74) is 1.16. The number of carbonyl (C=O) groups excluding carboxylic acids is 1. The Kier molecular flexibility index (Phi) is 6.67. The molecular formula is C15H18O4S4. The number of ketones is 1. The SMILES string of the molecule is C=CC(=O)C1CSC(CSCc2ccccc2)(CS(=O)(=O)O)S1. The van der Waals surface area contributed by atoms with Gasteiger partial charge in [0.05, 0.1) is 9.33 Å². The van der Waals surface area contributed by atoms with E-state index in [9.17, 15) is 17.8 Å². The van der Waals surface area contributed by atoms with Gasteiger partial charge in [-0.3, -0.25) is 9.35 Å². The predicted molar refractivity (Wildman–Crippen MR) is 101 cm³/mol. The summed E-state index contributed by atoms with van der Waals surface area (Å²) in [6, 6.07) is 9.90. The summed E-state index contributed by atoms with van der Waals surface area (Å²) in [7, 11) is -4.11. The molecule has 23 heavy (non-hydrogen) atoms. The third-order valence-corrected chi connectivity index (χ3v) is 9.60. The largest absolute Gasteiger partial charge is 0.294 e. The molecule has 1 aliphatic rings. The van der Waals surface area contributed by atoms with E-state index in [4.69, 9.17) is 0 Å². The standard InChI is InChI=1S/C15H18O4S4/c1-2-13(16)14-9-21-15(22-14,11-23(17,18)19)10-20-8-12-6-4-3-5-7-12/h2-7,14H,1,8-11H2,(H,17,18,19). The van der Waals surface area contributed by atoms with Crippen LogP contribution in [-0.2, 0) is 20.7 Å². The van der Waals surface area contributed by atoms with E-state index in [2.05, 4.69) is 6.58 Å². The Morgan fingerprint density at radius 2 is 2.13 bits per heavy atom. The Morgan fingerprint density at radius 1 is 1.43 bits per heavy atom. The van der Waals surface area contributed by atoms with E-state index in [0.717, 1.165) is 11.3 Å². The molecular weight excluding hydrogens is 372 g/mol. The summed E-state index contributed by atoms with van der Waals surface area (Å²) >= 11 is 4.38. The first-order valence-corrected chi connectivity index (χ1v) is 11.5. The van der Waals surface area contributed by atoms with Gasteiger partial charge in [0, 0.05) is 17.3 Å². The highest BCUT2D eigenvalue weighted by Gasteiger charge is 2.45. The van der Waals surface area contributed by atoms with Crippen LogP contribution in [0.4, 0.5) is 0 Å². The monoisotopic (exact) mass is 390 g/mol. The number of thioether (sulfide) groups is 3. The van der Waals surface area contributed by atoms with Crippen molar-refractivity contribution in [2.45, 2.75) is 15.1 Å². The lowest BCUT2D eigenvalue weighted by molar-refractivity contribution is -0.113. The summed E-state index contributed by atoms with van der Waals surface area (Å²) in [6.45, 7) is 3.48. The van der Waals surface area contributed by atoms with E-state index in [1.165, 1.54) is 29.6 Å². The van der Waals surface area contributed by atoms with Crippen molar-refractivity contribution in [2.24, 2.45) is 0 Å². The normalized spacial score (nSPS) is 24.5. The quantitative estimate of drug-likeness (QED) is 0.540. The van der Waals surface area contributed by atoms with Gasteiger partial charge in [-0.25, -0.2) is 0 Å². The first-order valence-electron chi connectivity index (χ1n) is 6.88. The molecule has 126 valence electrons. The molecule has 0 amide bonds. The molecule has 1 aliphatic heterocycles. The van der Waals surface area contributed by atoms with Crippen LogP contribution >= 0.6 is 35.3 Å². The van der Waals surface area contributed by atoms with E-state index < -0.39 is 14.2 Å². The highest BCUT2D eigenvalue weighted by atomic mass is 32.2. The highest BCUT2D eigenvalue weighted by Crippen LogP contribution is 2.51. The van der Waals surface area contributed by atoms with Crippen LogP contribution in [0.3, 0.4) is 0 Å². The molecule has 0 radical (unpaired) electrons. The van der Waals surface area contributed by atoms with Crippen molar-refractivity contribution >= 4 is 51.2 Å². The lowest BCUT2D eigenvalue weighted by Gasteiger charge is -2.25. The lowest BCUT2D eigenvalue weighted by Crippen LogP contribution is -2.32. The Labute approximate surface area is 149 Å². The van der Waals surface area contributed by atoms with E-state index in [0.29, 0.717) is 11.5 Å². The number of carbonyl (C=O) groups is 1. The second-order valence-corrected chi connectivity index (χ2v) is 10.8. The lowest BCUT2D eigenvalue weighted by atomic mass is 10.2. The molecule has 0 aliphatic carbocycles. The molecule has 0 aromatic heterocycles. The van der Waals surface area contributed by atoms with Crippen LogP contribution in [0.1, 0.15) is 5.56 Å². The van der Waals surface area contributed by atoms with Crippen LogP contribution in [-0.4, -0.2) is 45.3 Å². The summed E-state index contributed by atoms with van der Waals surface area (Å²) in [6.07, 6.45) is 1.28. The zero-order valence-electron chi connectivity index (χ0n) is 12.4. The average Bonchev–Trinajstić information content (AvgIpc) is 2.89. The molecule has 1 heterocycles. The second-order valence-electron chi connectivity index (χ2n) is 5.14. The fourth-order valence-electron chi connectivity index (χ4n) is 2.20. The first kappa shape index (κ1) is 18.9. The topological polar surface area (TPSA) is 71.4 Å². The average molecular weight is 391 g/mol. The minimum atomic E-state index is -4.11. The number of rotatable bonds is 8. The van der Waals surface area contributed by atoms with Crippen molar-refractivity contribution in [2.75, 3.05) is 17.3 Å². The number of allylic oxidation sites excluding steroid dienone is 1. The van der Waals surface area contributed by atoms with Gasteiger partial charge in [-0.2, -0.15) is 20.2 Å². The van der Waals surface area contributed by atoms with E-state index in [1.807, 2.05) is 30.3 Å². The fraction of sp³-hybridized carbons (Fsp3) is 0.400. The van der Waals surface area contributed by atoms with Gasteiger partial charge in [0.1, 0.15) is 5.75 Å². The molecule has 0 saturated carbocycles. The zero-order chi connectivity index (χ0) is 16.9. The third-order valence-electron chi connectivity index (χ3n) is 3.21. The maximum absolute atomic E-state index is 11.8. The zero-order valence-corrected chi connectivity index (χ0v) is 15.6. The maximum Gasteiger partial charge on any atom is 0.267 e. The number of hydrogen-bond donors (Lipinski definition) is 1. The molecule has 1 fully saturated rings. The van der Waals surface area contributed by atoms with E-state index in [-0.39, 0.29) is 16.8 Å². The van der Waals surface area contributed by atoms with Crippen molar-refractivity contribution in [3.63, 3.8) is 0 Å². The molecule has 2 rings (SSSR count). The highest BCUT2D eigenvalue weighted by molar-refractivity contribution is 8.23. The van der Waals surface area contributed by atoms with Crippen LogP contribution in [0.15, 0.2) is 43.0 Å². The first-order chi connectivity index (χ1) is 10.8. The maximum atomic E-state index is 11.8. The van der Waals surface area contributed by atoms with Crippen molar-refractivity contribution < 1.29 is 17.8 Å². The molecule has 1 aromatic rings. The smallest absolute Gasteiger partial charge is 0.267 e. The van der Waals surface area contributed by atoms with Gasteiger partial charge in [0.2, 0.25) is 0 Å². The molecule has 1 saturated heterocycles. The molecule has 1 aromatic carbocycles. The van der Waals surface area contributed by atoms with Crippen LogP contribution in [0, 0.1) is 0 Å². The molecule has 2 atom stereocenters. The molecule has 0 bridgehead atoms. The third kappa shape index (κ3) is 5.86. The Bertz CT molecular complexity index is 659. The minimum absolute atomic E-state index is 0.0900. The molecule has 1 N–H and O–H groups in total. The Morgan fingerprint density at radius 3 is 2.74 bits per heavy atom. The van der Waals surface area contributed by atoms with E-state index >= 15 is 0 Å². The minimum Gasteiger partial charge on any atom is -0.294 e. The molecule has 2 unspecified atom stereocenters. The van der Waals surface area contributed by atoms with Crippen LogP contribution in [0.5, 0.6) is 0 Å². The van der Waals surface area contributed by atoms with Gasteiger partial charge in [0.15, 0.2) is 5.78 Å². The Balaban J connectivity index is 2.03. The van der Waals surface area contributed by atoms with Gasteiger partial charge in [-0.1, -0.05) is 36.9 Å². The Hall–Kier alpha value is -0.410. The van der Waals surface area contributed by atoms with Gasteiger partial charge >= 0.3 is 0 Å². The van der Waals surface area contributed by atoms with Gasteiger partial charge < -0.3 is 0 Å². The van der Waals surface area contributed by atoms with Crippen LogP contribution in [0.25, 0.3) is 0 Å².